The Bertz CT molecular complexity index is 1040. The third kappa shape index (κ3) is 3.73. The minimum Gasteiger partial charge on any atom is -0.391 e. The second-order valence-corrected chi connectivity index (χ2v) is 7.53. The molecule has 3 aromatic heterocycles. The molecule has 1 aliphatic rings. The van der Waals surface area contributed by atoms with Gasteiger partial charge in [-0.05, 0) is 25.3 Å². The summed E-state index contributed by atoms with van der Waals surface area (Å²) in [4.78, 5) is 16.3. The van der Waals surface area contributed by atoms with Crippen LogP contribution in [0.2, 0.25) is 0 Å². The Morgan fingerprint density at radius 2 is 2.11 bits per heavy atom. The Kier molecular flexibility index (Phi) is 5.04. The molecule has 8 nitrogen and oxygen atoms in total. The number of aliphatic hydroxyl groups is 1. The molecular formula is C20H26N6O2. The highest BCUT2D eigenvalue weighted by Crippen LogP contribution is 2.24. The summed E-state index contributed by atoms with van der Waals surface area (Å²) in [6.07, 6.45) is 7.20. The van der Waals surface area contributed by atoms with Gasteiger partial charge >= 0.3 is 0 Å². The molecule has 0 unspecified atom stereocenters. The highest BCUT2D eigenvalue weighted by atomic mass is 16.3. The summed E-state index contributed by atoms with van der Waals surface area (Å²) in [5.41, 5.74) is 2.72. The first kappa shape index (κ1) is 18.5. The van der Waals surface area contributed by atoms with Crippen molar-refractivity contribution in [2.75, 3.05) is 10.6 Å². The van der Waals surface area contributed by atoms with Crippen LogP contribution in [0.3, 0.4) is 0 Å². The summed E-state index contributed by atoms with van der Waals surface area (Å²) in [7, 11) is 1.74. The molecule has 4 rings (SSSR count). The van der Waals surface area contributed by atoms with Crippen LogP contribution in [0.4, 0.5) is 11.6 Å². The second kappa shape index (κ2) is 7.63. The van der Waals surface area contributed by atoms with Gasteiger partial charge in [0.1, 0.15) is 11.6 Å². The fourth-order valence-corrected chi connectivity index (χ4v) is 3.69. The highest BCUT2D eigenvalue weighted by Gasteiger charge is 2.23. The molecule has 1 fully saturated rings. The van der Waals surface area contributed by atoms with Gasteiger partial charge in [-0.2, -0.15) is 9.61 Å². The van der Waals surface area contributed by atoms with E-state index in [0.717, 1.165) is 54.1 Å². The molecule has 2 atom stereocenters. The topological polar surface area (TPSA) is 96.5 Å². The number of anilines is 2. The summed E-state index contributed by atoms with van der Waals surface area (Å²) >= 11 is 0. The standard InChI is InChI=1S/C20H26N6O2/c1-13-10-22-26-18(21-11-14-7-8-19(28)25(2)12-14)9-17(24-20(13)26)23-15-5-3-4-6-16(15)27/h7-10,12,15-16,21,27H,3-6,11H2,1-2H3,(H,23,24)/t15-,16+/m0/s1. The van der Waals surface area contributed by atoms with E-state index < -0.39 is 0 Å². The zero-order valence-electron chi connectivity index (χ0n) is 16.2. The normalized spacial score (nSPS) is 19.7. The molecule has 3 heterocycles. The molecule has 3 N–H and O–H groups in total. The molecule has 0 aliphatic heterocycles. The molecule has 1 saturated carbocycles. The van der Waals surface area contributed by atoms with Crippen LogP contribution in [0, 0.1) is 6.92 Å². The quantitative estimate of drug-likeness (QED) is 0.625. The van der Waals surface area contributed by atoms with Gasteiger partial charge in [0.2, 0.25) is 5.56 Å². The minimum absolute atomic E-state index is 0.0171. The molecule has 0 bridgehead atoms. The Balaban J connectivity index is 1.60. The first-order chi connectivity index (χ1) is 13.5. The summed E-state index contributed by atoms with van der Waals surface area (Å²) in [5, 5.41) is 21.5. The molecule has 8 heteroatoms. The van der Waals surface area contributed by atoms with Gasteiger partial charge in [-0.15, -0.1) is 0 Å². The lowest BCUT2D eigenvalue weighted by molar-refractivity contribution is 0.116. The predicted octanol–water partition coefficient (Wildman–Crippen LogP) is 2.06. The number of hydrogen-bond acceptors (Lipinski definition) is 6. The maximum atomic E-state index is 11.6. The first-order valence-electron chi connectivity index (χ1n) is 9.70. The maximum Gasteiger partial charge on any atom is 0.250 e. The SMILES string of the molecule is Cc1cnn2c(NCc3ccc(=O)n(C)c3)cc(N[C@H]3CCCC[C@H]3O)nc12. The zero-order chi connectivity index (χ0) is 19.7. The average Bonchev–Trinajstić information content (AvgIpc) is 3.05. The van der Waals surface area contributed by atoms with Crippen molar-refractivity contribution in [3.8, 4) is 0 Å². The van der Waals surface area contributed by atoms with E-state index in [1.165, 1.54) is 0 Å². The van der Waals surface area contributed by atoms with Crippen molar-refractivity contribution < 1.29 is 5.11 Å². The smallest absolute Gasteiger partial charge is 0.250 e. The van der Waals surface area contributed by atoms with Crippen LogP contribution in [0.5, 0.6) is 0 Å². The number of nitrogens with zero attached hydrogens (tertiary/aromatic N) is 4. The largest absolute Gasteiger partial charge is 0.391 e. The number of aromatic nitrogens is 4. The fraction of sp³-hybridized carbons (Fsp3) is 0.450. The Morgan fingerprint density at radius 1 is 1.29 bits per heavy atom. The van der Waals surface area contributed by atoms with E-state index in [9.17, 15) is 9.90 Å². The Morgan fingerprint density at radius 3 is 2.89 bits per heavy atom. The van der Waals surface area contributed by atoms with Gasteiger partial charge in [0.25, 0.3) is 0 Å². The summed E-state index contributed by atoms with van der Waals surface area (Å²) in [6.45, 7) is 2.53. The van der Waals surface area contributed by atoms with Crippen molar-refractivity contribution in [3.05, 3.63) is 52.1 Å². The third-order valence-corrected chi connectivity index (χ3v) is 5.33. The average molecular weight is 382 g/mol. The maximum absolute atomic E-state index is 11.6. The van der Waals surface area contributed by atoms with Crippen molar-refractivity contribution in [1.82, 2.24) is 19.2 Å². The summed E-state index contributed by atoms with van der Waals surface area (Å²) in [6, 6.07) is 5.32. The molecule has 0 aromatic carbocycles. The molecule has 3 aromatic rings. The number of hydrogen-bond donors (Lipinski definition) is 3. The van der Waals surface area contributed by atoms with Gasteiger partial charge in [-0.1, -0.05) is 18.9 Å². The Hall–Kier alpha value is -2.87. The monoisotopic (exact) mass is 382 g/mol. The molecule has 1 aliphatic carbocycles. The van der Waals surface area contributed by atoms with E-state index in [2.05, 4.69) is 15.7 Å². The highest BCUT2D eigenvalue weighted by molar-refractivity contribution is 5.60. The molecule has 28 heavy (non-hydrogen) atoms. The molecule has 0 saturated heterocycles. The number of fused-ring (bicyclic) bond motifs is 1. The van der Waals surface area contributed by atoms with Crippen LogP contribution in [0.15, 0.2) is 35.4 Å². The van der Waals surface area contributed by atoms with Gasteiger partial charge in [0, 0.05) is 37.5 Å². The lowest BCUT2D eigenvalue weighted by Gasteiger charge is -2.29. The van der Waals surface area contributed by atoms with Gasteiger partial charge in [-0.3, -0.25) is 4.79 Å². The van der Waals surface area contributed by atoms with Crippen LogP contribution in [-0.2, 0) is 13.6 Å². The molecule has 148 valence electrons. The van der Waals surface area contributed by atoms with Crippen molar-refractivity contribution in [3.63, 3.8) is 0 Å². The zero-order valence-corrected chi connectivity index (χ0v) is 16.2. The molecule has 0 radical (unpaired) electrons. The molecule has 0 spiro atoms. The number of aryl methyl sites for hydroxylation is 2. The third-order valence-electron chi connectivity index (χ3n) is 5.33. The predicted molar refractivity (Wildman–Crippen MR) is 109 cm³/mol. The van der Waals surface area contributed by atoms with E-state index >= 15 is 0 Å². The van der Waals surface area contributed by atoms with E-state index in [0.29, 0.717) is 6.54 Å². The number of rotatable bonds is 5. The summed E-state index contributed by atoms with van der Waals surface area (Å²) < 4.78 is 3.34. The Labute approximate surface area is 163 Å². The minimum atomic E-state index is -0.347. The number of pyridine rings is 1. The second-order valence-electron chi connectivity index (χ2n) is 7.53. The molecule has 0 amide bonds. The number of aliphatic hydroxyl groups excluding tert-OH is 1. The van der Waals surface area contributed by atoms with Crippen LogP contribution < -0.4 is 16.2 Å². The van der Waals surface area contributed by atoms with Crippen molar-refractivity contribution in [1.29, 1.82) is 0 Å². The van der Waals surface area contributed by atoms with Crippen molar-refractivity contribution in [2.45, 2.75) is 51.3 Å². The van der Waals surface area contributed by atoms with Gasteiger partial charge in [0.15, 0.2) is 5.65 Å². The lowest BCUT2D eigenvalue weighted by atomic mass is 9.92. The van der Waals surface area contributed by atoms with E-state index in [1.807, 2.05) is 25.3 Å². The van der Waals surface area contributed by atoms with Crippen LogP contribution >= 0.6 is 0 Å². The lowest BCUT2D eigenvalue weighted by Crippen LogP contribution is -2.36. The fourth-order valence-electron chi connectivity index (χ4n) is 3.69. The van der Waals surface area contributed by atoms with Gasteiger partial charge < -0.3 is 20.3 Å². The summed E-state index contributed by atoms with van der Waals surface area (Å²) in [5.74, 6) is 1.53. The molecular weight excluding hydrogens is 356 g/mol. The van der Waals surface area contributed by atoms with Crippen molar-refractivity contribution in [2.24, 2.45) is 7.05 Å². The van der Waals surface area contributed by atoms with Crippen LogP contribution in [-0.4, -0.2) is 36.4 Å². The number of nitrogens with one attached hydrogen (secondary N) is 2. The first-order valence-corrected chi connectivity index (χ1v) is 9.70. The van der Waals surface area contributed by atoms with Gasteiger partial charge in [0.05, 0.1) is 18.3 Å². The van der Waals surface area contributed by atoms with E-state index in [-0.39, 0.29) is 17.7 Å². The van der Waals surface area contributed by atoms with E-state index in [1.54, 1.807) is 28.4 Å². The van der Waals surface area contributed by atoms with E-state index in [4.69, 9.17) is 4.98 Å². The van der Waals surface area contributed by atoms with Crippen molar-refractivity contribution >= 4 is 17.3 Å². The van der Waals surface area contributed by atoms with Crippen LogP contribution in [0.1, 0.15) is 36.8 Å². The van der Waals surface area contributed by atoms with Gasteiger partial charge in [-0.25, -0.2) is 4.98 Å². The van der Waals surface area contributed by atoms with Crippen LogP contribution in [0.25, 0.3) is 5.65 Å².